The van der Waals surface area contributed by atoms with Crippen LogP contribution < -0.4 is 5.32 Å². The maximum atomic E-state index is 5.52. The zero-order chi connectivity index (χ0) is 16.7. The van der Waals surface area contributed by atoms with Gasteiger partial charge in [-0.25, -0.2) is 4.98 Å². The van der Waals surface area contributed by atoms with Gasteiger partial charge in [0.05, 0.1) is 17.9 Å². The van der Waals surface area contributed by atoms with Crippen LogP contribution in [0.15, 0.2) is 16.9 Å². The second-order valence-corrected chi connectivity index (χ2v) is 6.99. The zero-order valence-electron chi connectivity index (χ0n) is 13.9. The fourth-order valence-corrected chi connectivity index (χ4v) is 3.77. The molecule has 3 aromatic heterocycles. The molecule has 1 atom stereocenters. The lowest BCUT2D eigenvalue weighted by molar-refractivity contribution is 0.190. The number of rotatable bonds is 3. The highest BCUT2D eigenvalue weighted by molar-refractivity contribution is 7.18. The van der Waals surface area contributed by atoms with Crippen LogP contribution in [0.3, 0.4) is 0 Å². The van der Waals surface area contributed by atoms with Crippen LogP contribution >= 0.6 is 11.3 Å². The van der Waals surface area contributed by atoms with Gasteiger partial charge in [0.1, 0.15) is 9.88 Å². The number of thiazole rings is 1. The molecular formula is C15H19N7OS. The maximum absolute atomic E-state index is 5.52. The van der Waals surface area contributed by atoms with Crippen LogP contribution in [0.4, 0.5) is 0 Å². The van der Waals surface area contributed by atoms with E-state index in [0.717, 1.165) is 46.6 Å². The van der Waals surface area contributed by atoms with Crippen molar-refractivity contribution in [2.45, 2.75) is 13.0 Å². The van der Waals surface area contributed by atoms with E-state index in [1.54, 1.807) is 16.0 Å². The molecule has 1 aliphatic heterocycles. The van der Waals surface area contributed by atoms with E-state index in [-0.39, 0.29) is 6.04 Å². The van der Waals surface area contributed by atoms with Crippen molar-refractivity contribution in [2.75, 3.05) is 26.7 Å². The number of nitrogens with zero attached hydrogens (tertiary/aromatic N) is 6. The first-order valence-electron chi connectivity index (χ1n) is 7.83. The van der Waals surface area contributed by atoms with E-state index in [1.807, 2.05) is 26.4 Å². The molecule has 8 nitrogen and oxygen atoms in total. The Hall–Kier alpha value is -2.10. The van der Waals surface area contributed by atoms with Gasteiger partial charge in [-0.1, -0.05) is 5.16 Å². The Kier molecular flexibility index (Phi) is 3.91. The topological polar surface area (TPSA) is 84.9 Å². The standard InChI is InChI=1S/C15H19N7OS/c1-9-12(24-15(18-9)10-6-17-22(3)8-10)14-19-13(20-23-14)11-7-16-4-5-21(11)2/h6,8,11,16H,4-5,7H2,1-3H3. The Morgan fingerprint density at radius 2 is 2.21 bits per heavy atom. The summed E-state index contributed by atoms with van der Waals surface area (Å²) in [6, 6.07) is 0.141. The smallest absolute Gasteiger partial charge is 0.269 e. The van der Waals surface area contributed by atoms with E-state index >= 15 is 0 Å². The predicted octanol–water partition coefficient (Wildman–Crippen LogP) is 1.48. The molecule has 9 heteroatoms. The van der Waals surface area contributed by atoms with Crippen molar-refractivity contribution >= 4 is 11.3 Å². The van der Waals surface area contributed by atoms with Crippen molar-refractivity contribution < 1.29 is 4.52 Å². The highest BCUT2D eigenvalue weighted by Crippen LogP contribution is 2.34. The Balaban J connectivity index is 1.64. The van der Waals surface area contributed by atoms with Gasteiger partial charge in [-0.2, -0.15) is 10.1 Å². The van der Waals surface area contributed by atoms with Gasteiger partial charge in [0.15, 0.2) is 5.82 Å². The van der Waals surface area contributed by atoms with Crippen LogP contribution in [0.25, 0.3) is 21.3 Å². The molecule has 0 aliphatic carbocycles. The molecule has 1 N–H and O–H groups in total. The SMILES string of the molecule is Cc1nc(-c2cnn(C)c2)sc1-c1nc(C2CNCCN2C)no1. The van der Waals surface area contributed by atoms with Crippen LogP contribution in [-0.2, 0) is 7.05 Å². The Morgan fingerprint density at radius 1 is 1.33 bits per heavy atom. The third-order valence-corrected chi connectivity index (χ3v) is 5.39. The minimum Gasteiger partial charge on any atom is -0.333 e. The van der Waals surface area contributed by atoms with Crippen LogP contribution in [0.1, 0.15) is 17.6 Å². The van der Waals surface area contributed by atoms with Gasteiger partial charge in [0.2, 0.25) is 0 Å². The minimum absolute atomic E-state index is 0.141. The number of nitrogens with one attached hydrogen (secondary N) is 1. The Morgan fingerprint density at radius 3 is 2.96 bits per heavy atom. The lowest BCUT2D eigenvalue weighted by Crippen LogP contribution is -2.44. The van der Waals surface area contributed by atoms with Gasteiger partial charge in [-0.05, 0) is 14.0 Å². The summed E-state index contributed by atoms with van der Waals surface area (Å²) < 4.78 is 7.29. The number of aryl methyl sites for hydroxylation is 2. The minimum atomic E-state index is 0.141. The van der Waals surface area contributed by atoms with E-state index in [0.29, 0.717) is 5.89 Å². The summed E-state index contributed by atoms with van der Waals surface area (Å²) in [5.74, 6) is 1.25. The Bertz CT molecular complexity index is 852. The summed E-state index contributed by atoms with van der Waals surface area (Å²) in [4.78, 5) is 12.4. The van der Waals surface area contributed by atoms with Gasteiger partial charge in [-0.3, -0.25) is 9.58 Å². The number of hydrogen-bond acceptors (Lipinski definition) is 8. The molecule has 0 spiro atoms. The molecule has 1 saturated heterocycles. The van der Waals surface area contributed by atoms with E-state index in [1.165, 1.54) is 0 Å². The number of aromatic nitrogens is 5. The summed E-state index contributed by atoms with van der Waals surface area (Å²) in [6.45, 7) is 4.75. The molecule has 24 heavy (non-hydrogen) atoms. The first kappa shape index (κ1) is 15.4. The highest BCUT2D eigenvalue weighted by atomic mass is 32.1. The summed E-state index contributed by atoms with van der Waals surface area (Å²) in [6.07, 6.45) is 3.76. The predicted molar refractivity (Wildman–Crippen MR) is 90.6 cm³/mol. The molecule has 1 aliphatic rings. The lowest BCUT2D eigenvalue weighted by atomic mass is 10.2. The highest BCUT2D eigenvalue weighted by Gasteiger charge is 2.26. The molecule has 1 unspecified atom stereocenters. The van der Waals surface area contributed by atoms with Crippen molar-refractivity contribution in [2.24, 2.45) is 7.05 Å². The van der Waals surface area contributed by atoms with E-state index in [2.05, 4.69) is 37.5 Å². The summed E-state index contributed by atoms with van der Waals surface area (Å²) in [5.41, 5.74) is 1.89. The average Bonchev–Trinajstić information content (AvgIpc) is 3.27. The van der Waals surface area contributed by atoms with Crippen LogP contribution in [-0.4, -0.2) is 56.5 Å². The number of likely N-dealkylation sites (N-methyl/N-ethyl adjacent to an activating group) is 1. The molecule has 0 saturated carbocycles. The van der Waals surface area contributed by atoms with Crippen LogP contribution in [0.5, 0.6) is 0 Å². The average molecular weight is 345 g/mol. The third kappa shape index (κ3) is 2.74. The molecule has 3 aromatic rings. The lowest BCUT2D eigenvalue weighted by Gasteiger charge is -2.30. The van der Waals surface area contributed by atoms with Crippen molar-refractivity contribution in [3.05, 3.63) is 23.9 Å². The second kappa shape index (κ2) is 6.08. The van der Waals surface area contributed by atoms with Gasteiger partial charge in [0, 0.05) is 38.4 Å². The van der Waals surface area contributed by atoms with Crippen molar-refractivity contribution in [1.29, 1.82) is 0 Å². The maximum Gasteiger partial charge on any atom is 0.269 e. The number of hydrogen-bond donors (Lipinski definition) is 1. The van der Waals surface area contributed by atoms with Crippen LogP contribution in [0.2, 0.25) is 0 Å². The normalized spacial score (nSPS) is 19.0. The van der Waals surface area contributed by atoms with E-state index < -0.39 is 0 Å². The van der Waals surface area contributed by atoms with E-state index in [9.17, 15) is 0 Å². The summed E-state index contributed by atoms with van der Waals surface area (Å²) in [7, 11) is 3.98. The molecular weight excluding hydrogens is 326 g/mol. The fraction of sp³-hybridized carbons (Fsp3) is 0.467. The van der Waals surface area contributed by atoms with Crippen LogP contribution in [0, 0.1) is 6.92 Å². The molecule has 4 rings (SSSR count). The molecule has 0 bridgehead atoms. The molecule has 0 amide bonds. The summed E-state index contributed by atoms with van der Waals surface area (Å²) in [5, 5.41) is 12.7. The molecule has 0 aromatic carbocycles. The van der Waals surface area contributed by atoms with Gasteiger partial charge in [0.25, 0.3) is 5.89 Å². The molecule has 0 radical (unpaired) electrons. The van der Waals surface area contributed by atoms with Gasteiger partial charge in [-0.15, -0.1) is 11.3 Å². The molecule has 1 fully saturated rings. The quantitative estimate of drug-likeness (QED) is 0.769. The number of piperazine rings is 1. The molecule has 126 valence electrons. The molecule has 4 heterocycles. The monoisotopic (exact) mass is 345 g/mol. The largest absolute Gasteiger partial charge is 0.333 e. The Labute approximate surface area is 143 Å². The first-order chi connectivity index (χ1) is 11.6. The summed E-state index contributed by atoms with van der Waals surface area (Å²) >= 11 is 1.55. The second-order valence-electron chi connectivity index (χ2n) is 5.99. The third-order valence-electron chi connectivity index (χ3n) is 4.19. The van der Waals surface area contributed by atoms with Crippen molar-refractivity contribution in [3.8, 4) is 21.3 Å². The van der Waals surface area contributed by atoms with E-state index in [4.69, 9.17) is 4.52 Å². The van der Waals surface area contributed by atoms with Crippen molar-refractivity contribution in [1.82, 2.24) is 35.1 Å². The van der Waals surface area contributed by atoms with Gasteiger partial charge >= 0.3 is 0 Å². The fourth-order valence-electron chi connectivity index (χ4n) is 2.81. The van der Waals surface area contributed by atoms with Gasteiger partial charge < -0.3 is 9.84 Å². The zero-order valence-corrected chi connectivity index (χ0v) is 14.7. The first-order valence-corrected chi connectivity index (χ1v) is 8.65. The van der Waals surface area contributed by atoms with Crippen molar-refractivity contribution in [3.63, 3.8) is 0 Å².